The molecule has 0 bridgehead atoms. The van der Waals surface area contributed by atoms with E-state index in [4.69, 9.17) is 32.7 Å². The summed E-state index contributed by atoms with van der Waals surface area (Å²) in [6.07, 6.45) is 1.11. The van der Waals surface area contributed by atoms with Crippen molar-refractivity contribution in [3.63, 3.8) is 0 Å². The van der Waals surface area contributed by atoms with Crippen molar-refractivity contribution in [2.75, 3.05) is 4.90 Å². The Labute approximate surface area is 182 Å². The van der Waals surface area contributed by atoms with E-state index in [9.17, 15) is 4.79 Å². The van der Waals surface area contributed by atoms with Gasteiger partial charge in [-0.1, -0.05) is 34.4 Å². The van der Waals surface area contributed by atoms with Gasteiger partial charge in [0, 0.05) is 27.7 Å². The van der Waals surface area contributed by atoms with Gasteiger partial charge in [-0.05, 0) is 56.2 Å². The number of nitrogens with zero attached hydrogens (tertiary/aromatic N) is 3. The molecule has 0 radical (unpaired) electrons. The first-order chi connectivity index (χ1) is 14.4. The van der Waals surface area contributed by atoms with Gasteiger partial charge in [0.15, 0.2) is 0 Å². The fraction of sp³-hybridized carbons (Fsp3) is 0.227. The van der Waals surface area contributed by atoms with Crippen molar-refractivity contribution < 1.29 is 9.32 Å². The Bertz CT molecular complexity index is 1250. The third-order valence-electron chi connectivity index (χ3n) is 5.48. The Morgan fingerprint density at radius 2 is 1.90 bits per heavy atom. The second-order valence-electron chi connectivity index (χ2n) is 7.50. The predicted octanol–water partition coefficient (Wildman–Crippen LogP) is 6.01. The number of amides is 1. The number of nitrogens with one attached hydrogen (secondary N) is 1. The SMILES string of the molecule is Cc1noc(C)c1-c1ccc2[nH]c([C@@H]3CCC(=O)N3c3cc(Cl)cc(Cl)c3)nc2c1. The van der Waals surface area contributed by atoms with Crippen LogP contribution in [0.15, 0.2) is 40.9 Å². The first kappa shape index (κ1) is 19.2. The van der Waals surface area contributed by atoms with Crippen LogP contribution in [0.4, 0.5) is 5.69 Å². The van der Waals surface area contributed by atoms with Crippen LogP contribution in [-0.4, -0.2) is 21.0 Å². The molecule has 3 heterocycles. The normalized spacial score (nSPS) is 16.7. The fourth-order valence-electron chi connectivity index (χ4n) is 4.18. The third kappa shape index (κ3) is 3.16. The number of benzene rings is 2. The van der Waals surface area contributed by atoms with Crippen LogP contribution in [0.3, 0.4) is 0 Å². The molecule has 1 N–H and O–H groups in total. The highest BCUT2D eigenvalue weighted by Gasteiger charge is 2.35. The number of H-pyrrole nitrogens is 1. The van der Waals surface area contributed by atoms with Crippen LogP contribution in [0.25, 0.3) is 22.2 Å². The fourth-order valence-corrected chi connectivity index (χ4v) is 4.69. The molecule has 8 heteroatoms. The first-order valence-electron chi connectivity index (χ1n) is 9.62. The van der Waals surface area contributed by atoms with Gasteiger partial charge < -0.3 is 14.4 Å². The number of anilines is 1. The summed E-state index contributed by atoms with van der Waals surface area (Å²) in [5, 5.41) is 5.02. The van der Waals surface area contributed by atoms with Crippen molar-refractivity contribution in [1.29, 1.82) is 0 Å². The van der Waals surface area contributed by atoms with Gasteiger partial charge in [-0.15, -0.1) is 0 Å². The number of carbonyl (C=O) groups is 1. The maximum Gasteiger partial charge on any atom is 0.227 e. The van der Waals surface area contributed by atoms with Gasteiger partial charge in [-0.3, -0.25) is 4.79 Å². The molecule has 30 heavy (non-hydrogen) atoms. The van der Waals surface area contributed by atoms with Crippen LogP contribution < -0.4 is 4.90 Å². The number of imidazole rings is 1. The van der Waals surface area contributed by atoms with Crippen LogP contribution in [-0.2, 0) is 4.79 Å². The van der Waals surface area contributed by atoms with Crippen molar-refractivity contribution in [2.24, 2.45) is 0 Å². The molecule has 2 aromatic carbocycles. The molecule has 0 aliphatic carbocycles. The van der Waals surface area contributed by atoms with E-state index in [-0.39, 0.29) is 11.9 Å². The van der Waals surface area contributed by atoms with Gasteiger partial charge in [0.05, 0.1) is 22.8 Å². The average molecular weight is 441 g/mol. The number of carbonyl (C=O) groups excluding carboxylic acids is 1. The van der Waals surface area contributed by atoms with Gasteiger partial charge in [-0.2, -0.15) is 0 Å². The maximum atomic E-state index is 12.7. The lowest BCUT2D eigenvalue weighted by Crippen LogP contribution is -2.27. The molecular formula is C22H18Cl2N4O2. The molecule has 0 spiro atoms. The van der Waals surface area contributed by atoms with E-state index in [0.29, 0.717) is 28.6 Å². The monoisotopic (exact) mass is 440 g/mol. The molecule has 1 saturated heterocycles. The van der Waals surface area contributed by atoms with Crippen molar-refractivity contribution in [1.82, 2.24) is 15.1 Å². The molecule has 4 aromatic rings. The van der Waals surface area contributed by atoms with E-state index >= 15 is 0 Å². The van der Waals surface area contributed by atoms with Gasteiger partial charge >= 0.3 is 0 Å². The summed E-state index contributed by atoms with van der Waals surface area (Å²) in [7, 11) is 0. The number of fused-ring (bicyclic) bond motifs is 1. The van der Waals surface area contributed by atoms with Crippen molar-refractivity contribution >= 4 is 45.8 Å². The molecule has 1 aliphatic heterocycles. The Morgan fingerprint density at radius 3 is 2.60 bits per heavy atom. The van der Waals surface area contributed by atoms with E-state index in [0.717, 1.165) is 39.4 Å². The summed E-state index contributed by atoms with van der Waals surface area (Å²) in [6, 6.07) is 11.0. The largest absolute Gasteiger partial charge is 0.361 e. The highest BCUT2D eigenvalue weighted by atomic mass is 35.5. The zero-order valence-corrected chi connectivity index (χ0v) is 17.9. The van der Waals surface area contributed by atoms with Crippen LogP contribution in [0.1, 0.15) is 36.2 Å². The summed E-state index contributed by atoms with van der Waals surface area (Å²) in [5.74, 6) is 1.53. The molecule has 1 amide bonds. The second-order valence-corrected chi connectivity index (χ2v) is 8.37. The highest BCUT2D eigenvalue weighted by Crippen LogP contribution is 2.39. The van der Waals surface area contributed by atoms with Crippen molar-refractivity contribution in [2.45, 2.75) is 32.7 Å². The second kappa shape index (κ2) is 7.15. The molecule has 1 fully saturated rings. The van der Waals surface area contributed by atoms with E-state index in [2.05, 4.69) is 10.1 Å². The maximum absolute atomic E-state index is 12.7. The molecule has 0 unspecified atom stereocenters. The van der Waals surface area contributed by atoms with E-state index < -0.39 is 0 Å². The molecule has 0 saturated carbocycles. The van der Waals surface area contributed by atoms with Crippen molar-refractivity contribution in [3.8, 4) is 11.1 Å². The predicted molar refractivity (Wildman–Crippen MR) is 117 cm³/mol. The lowest BCUT2D eigenvalue weighted by Gasteiger charge is -2.23. The number of rotatable bonds is 3. The summed E-state index contributed by atoms with van der Waals surface area (Å²) in [5.41, 5.74) is 5.23. The number of hydrogen-bond donors (Lipinski definition) is 1. The van der Waals surface area contributed by atoms with E-state index in [1.54, 1.807) is 23.1 Å². The van der Waals surface area contributed by atoms with Crippen LogP contribution in [0.2, 0.25) is 10.0 Å². The van der Waals surface area contributed by atoms with Crippen molar-refractivity contribution in [3.05, 3.63) is 63.7 Å². The van der Waals surface area contributed by atoms with Gasteiger partial charge in [0.2, 0.25) is 5.91 Å². The van der Waals surface area contributed by atoms with Crippen LogP contribution >= 0.6 is 23.2 Å². The Kier molecular flexibility index (Phi) is 4.56. The van der Waals surface area contributed by atoms with Gasteiger partial charge in [0.1, 0.15) is 11.6 Å². The van der Waals surface area contributed by atoms with Crippen LogP contribution in [0.5, 0.6) is 0 Å². The lowest BCUT2D eigenvalue weighted by molar-refractivity contribution is -0.117. The number of aromatic nitrogens is 3. The Hall–Kier alpha value is -2.83. The molecule has 2 aromatic heterocycles. The molecule has 152 valence electrons. The minimum atomic E-state index is -0.207. The number of aromatic amines is 1. The molecule has 1 atom stereocenters. The van der Waals surface area contributed by atoms with E-state index in [1.165, 1.54) is 0 Å². The van der Waals surface area contributed by atoms with Gasteiger partial charge in [0.25, 0.3) is 0 Å². The molecule has 6 nitrogen and oxygen atoms in total. The smallest absolute Gasteiger partial charge is 0.227 e. The lowest BCUT2D eigenvalue weighted by atomic mass is 10.0. The average Bonchev–Trinajstić information content (AvgIpc) is 3.37. The summed E-state index contributed by atoms with van der Waals surface area (Å²) in [6.45, 7) is 3.82. The Morgan fingerprint density at radius 1 is 1.13 bits per heavy atom. The summed E-state index contributed by atoms with van der Waals surface area (Å²) < 4.78 is 5.30. The standard InChI is InChI=1S/C22H18Cl2N4O2/c1-11-21(12(2)30-27-11)13-3-4-17-18(7-13)26-22(25-17)19-5-6-20(29)28(19)16-9-14(23)8-15(24)10-16/h3-4,7-10,19H,5-6H2,1-2H3,(H,25,26)/t19-/m0/s1. The quantitative estimate of drug-likeness (QED) is 0.423. The summed E-state index contributed by atoms with van der Waals surface area (Å²) >= 11 is 12.3. The topological polar surface area (TPSA) is 75.0 Å². The minimum absolute atomic E-state index is 0.0233. The van der Waals surface area contributed by atoms with Crippen LogP contribution in [0, 0.1) is 13.8 Å². The zero-order valence-electron chi connectivity index (χ0n) is 16.4. The molecular weight excluding hydrogens is 423 g/mol. The highest BCUT2D eigenvalue weighted by molar-refractivity contribution is 6.35. The Balaban J connectivity index is 1.56. The number of halogens is 2. The van der Waals surface area contributed by atoms with Gasteiger partial charge in [-0.25, -0.2) is 4.98 Å². The molecule has 1 aliphatic rings. The summed E-state index contributed by atoms with van der Waals surface area (Å²) in [4.78, 5) is 22.6. The minimum Gasteiger partial charge on any atom is -0.361 e. The third-order valence-corrected chi connectivity index (χ3v) is 5.91. The first-order valence-corrected chi connectivity index (χ1v) is 10.4. The number of aryl methyl sites for hydroxylation is 2. The zero-order chi connectivity index (χ0) is 21.0. The molecule has 5 rings (SSSR count). The number of hydrogen-bond acceptors (Lipinski definition) is 4. The van der Waals surface area contributed by atoms with E-state index in [1.807, 2.05) is 32.0 Å².